The number of anilines is 1. The first-order chi connectivity index (χ1) is 6.65. The van der Waals surface area contributed by atoms with Crippen molar-refractivity contribution in [2.24, 2.45) is 0 Å². The lowest BCUT2D eigenvalue weighted by Crippen LogP contribution is -2.22. The van der Waals surface area contributed by atoms with E-state index < -0.39 is 0 Å². The number of hydrogen-bond acceptors (Lipinski definition) is 3. The van der Waals surface area contributed by atoms with Gasteiger partial charge in [-0.25, -0.2) is 4.79 Å². The second kappa shape index (κ2) is 3.13. The maximum absolute atomic E-state index is 11.5. The van der Waals surface area contributed by atoms with Crippen LogP contribution in [0.25, 0.3) is 6.08 Å². The Hall–Kier alpha value is -1.29. The van der Waals surface area contributed by atoms with E-state index in [9.17, 15) is 4.79 Å². The smallest absolute Gasteiger partial charge is 0.350 e. The zero-order valence-corrected chi connectivity index (χ0v) is 8.58. The molecular formula is C9H10ClN3O. The van der Waals surface area contributed by atoms with Crippen LogP contribution >= 0.6 is 11.6 Å². The SMILES string of the molecule is C=Cc1c(Cl)nc(=O)n2c1N(C)CC2. The minimum Gasteiger partial charge on any atom is -0.359 e. The van der Waals surface area contributed by atoms with Gasteiger partial charge >= 0.3 is 5.69 Å². The molecule has 74 valence electrons. The Labute approximate surface area is 86.4 Å². The molecule has 0 spiro atoms. The molecule has 14 heavy (non-hydrogen) atoms. The van der Waals surface area contributed by atoms with E-state index in [4.69, 9.17) is 11.6 Å². The highest BCUT2D eigenvalue weighted by Crippen LogP contribution is 2.27. The van der Waals surface area contributed by atoms with Crippen LogP contribution in [-0.4, -0.2) is 23.1 Å². The normalized spacial score (nSPS) is 14.3. The van der Waals surface area contributed by atoms with E-state index in [-0.39, 0.29) is 10.8 Å². The van der Waals surface area contributed by atoms with E-state index in [0.29, 0.717) is 6.54 Å². The van der Waals surface area contributed by atoms with Crippen molar-refractivity contribution in [1.82, 2.24) is 9.55 Å². The summed E-state index contributed by atoms with van der Waals surface area (Å²) < 4.78 is 1.61. The van der Waals surface area contributed by atoms with Gasteiger partial charge in [0.2, 0.25) is 0 Å². The van der Waals surface area contributed by atoms with Crippen molar-refractivity contribution in [2.45, 2.75) is 6.54 Å². The quantitative estimate of drug-likeness (QED) is 0.651. The molecule has 5 heteroatoms. The number of rotatable bonds is 1. The second-order valence-corrected chi connectivity index (χ2v) is 3.56. The molecule has 0 unspecified atom stereocenters. The van der Waals surface area contributed by atoms with Crippen LogP contribution < -0.4 is 10.6 Å². The van der Waals surface area contributed by atoms with Crippen molar-refractivity contribution in [3.8, 4) is 0 Å². The molecule has 0 atom stereocenters. The van der Waals surface area contributed by atoms with Gasteiger partial charge in [0.15, 0.2) is 0 Å². The summed E-state index contributed by atoms with van der Waals surface area (Å²) in [7, 11) is 1.92. The molecule has 4 nitrogen and oxygen atoms in total. The van der Waals surface area contributed by atoms with Crippen LogP contribution in [0.3, 0.4) is 0 Å². The molecule has 1 aromatic heterocycles. The first-order valence-electron chi connectivity index (χ1n) is 4.29. The molecule has 2 heterocycles. The largest absolute Gasteiger partial charge is 0.359 e. The molecule has 0 radical (unpaired) electrons. The molecule has 0 saturated heterocycles. The average molecular weight is 212 g/mol. The monoisotopic (exact) mass is 211 g/mol. The van der Waals surface area contributed by atoms with Crippen molar-refractivity contribution in [3.63, 3.8) is 0 Å². The lowest BCUT2D eigenvalue weighted by molar-refractivity contribution is 0.737. The second-order valence-electron chi connectivity index (χ2n) is 3.20. The molecule has 0 saturated carbocycles. The van der Waals surface area contributed by atoms with Gasteiger partial charge in [-0.2, -0.15) is 4.98 Å². The van der Waals surface area contributed by atoms with Crippen molar-refractivity contribution >= 4 is 23.5 Å². The third-order valence-corrected chi connectivity index (χ3v) is 2.66. The molecule has 2 rings (SSSR count). The standard InChI is InChI=1S/C9H10ClN3O/c1-3-6-7(10)11-9(14)13-5-4-12(2)8(6)13/h3H,1,4-5H2,2H3. The summed E-state index contributed by atoms with van der Waals surface area (Å²) in [5.41, 5.74) is 0.436. The summed E-state index contributed by atoms with van der Waals surface area (Å²) in [6.07, 6.45) is 1.63. The molecule has 1 aliphatic heterocycles. The Bertz CT molecular complexity index is 452. The predicted octanol–water partition coefficient (Wildman–Crippen LogP) is 0.989. The molecule has 0 fully saturated rings. The topological polar surface area (TPSA) is 38.1 Å². The van der Waals surface area contributed by atoms with Crippen molar-refractivity contribution in [3.05, 3.63) is 27.8 Å². The van der Waals surface area contributed by atoms with E-state index in [1.807, 2.05) is 11.9 Å². The van der Waals surface area contributed by atoms with E-state index >= 15 is 0 Å². The Morgan fingerprint density at radius 2 is 2.29 bits per heavy atom. The highest BCUT2D eigenvalue weighted by molar-refractivity contribution is 6.31. The van der Waals surface area contributed by atoms with Crippen LogP contribution in [0.4, 0.5) is 5.82 Å². The maximum Gasteiger partial charge on any atom is 0.350 e. The van der Waals surface area contributed by atoms with Crippen LogP contribution in [0.5, 0.6) is 0 Å². The molecule has 0 N–H and O–H groups in total. The number of likely N-dealkylation sites (N-methyl/N-ethyl adjacent to an activating group) is 1. The Balaban J connectivity index is 2.81. The summed E-state index contributed by atoms with van der Waals surface area (Å²) >= 11 is 5.86. The van der Waals surface area contributed by atoms with Gasteiger partial charge in [-0.1, -0.05) is 24.3 Å². The number of fused-ring (bicyclic) bond motifs is 1. The van der Waals surface area contributed by atoms with Gasteiger partial charge < -0.3 is 4.90 Å². The fourth-order valence-corrected chi connectivity index (χ4v) is 1.91. The third kappa shape index (κ3) is 1.14. The number of halogens is 1. The van der Waals surface area contributed by atoms with Crippen LogP contribution in [0.1, 0.15) is 5.56 Å². The summed E-state index contributed by atoms with van der Waals surface area (Å²) in [5.74, 6) is 0.810. The summed E-state index contributed by atoms with van der Waals surface area (Å²) in [4.78, 5) is 17.2. The van der Waals surface area contributed by atoms with Crippen molar-refractivity contribution in [2.75, 3.05) is 18.5 Å². The zero-order chi connectivity index (χ0) is 10.3. The fraction of sp³-hybridized carbons (Fsp3) is 0.333. The summed E-state index contributed by atoms with van der Waals surface area (Å²) in [6.45, 7) is 5.13. The lowest BCUT2D eigenvalue weighted by Gasteiger charge is -2.14. The number of nitrogens with zero attached hydrogens (tertiary/aromatic N) is 3. The van der Waals surface area contributed by atoms with E-state index in [0.717, 1.165) is 17.9 Å². The molecule has 0 amide bonds. The first kappa shape index (κ1) is 9.27. The van der Waals surface area contributed by atoms with Crippen LogP contribution in [0.2, 0.25) is 5.15 Å². The highest BCUT2D eigenvalue weighted by atomic mass is 35.5. The predicted molar refractivity (Wildman–Crippen MR) is 56.9 cm³/mol. The Morgan fingerprint density at radius 1 is 1.57 bits per heavy atom. The minimum absolute atomic E-state index is 0.227. The third-order valence-electron chi connectivity index (χ3n) is 2.37. The van der Waals surface area contributed by atoms with Gasteiger partial charge in [0.05, 0.1) is 5.56 Å². The number of hydrogen-bond donors (Lipinski definition) is 0. The maximum atomic E-state index is 11.5. The van der Waals surface area contributed by atoms with E-state index in [1.54, 1.807) is 10.6 Å². The van der Waals surface area contributed by atoms with Gasteiger partial charge in [0, 0.05) is 20.1 Å². The van der Waals surface area contributed by atoms with E-state index in [2.05, 4.69) is 11.6 Å². The van der Waals surface area contributed by atoms with Gasteiger partial charge in [-0.15, -0.1) is 0 Å². The van der Waals surface area contributed by atoms with Gasteiger partial charge in [-0.05, 0) is 0 Å². The van der Waals surface area contributed by atoms with Gasteiger partial charge in [-0.3, -0.25) is 4.57 Å². The first-order valence-corrected chi connectivity index (χ1v) is 4.67. The van der Waals surface area contributed by atoms with Crippen LogP contribution in [0, 0.1) is 0 Å². The van der Waals surface area contributed by atoms with E-state index in [1.165, 1.54) is 0 Å². The van der Waals surface area contributed by atoms with Crippen LogP contribution in [0.15, 0.2) is 11.4 Å². The summed E-state index contributed by atoms with van der Waals surface area (Å²) in [5, 5.41) is 0.227. The molecular weight excluding hydrogens is 202 g/mol. The van der Waals surface area contributed by atoms with Gasteiger partial charge in [0.1, 0.15) is 11.0 Å². The highest BCUT2D eigenvalue weighted by Gasteiger charge is 2.22. The van der Waals surface area contributed by atoms with Crippen molar-refractivity contribution in [1.29, 1.82) is 0 Å². The Kier molecular flexibility index (Phi) is 2.07. The molecule has 0 aromatic carbocycles. The zero-order valence-electron chi connectivity index (χ0n) is 7.83. The molecule has 1 aliphatic rings. The molecule has 0 bridgehead atoms. The molecule has 0 aliphatic carbocycles. The van der Waals surface area contributed by atoms with Crippen molar-refractivity contribution < 1.29 is 0 Å². The number of aromatic nitrogens is 2. The molecule has 1 aromatic rings. The minimum atomic E-state index is -0.292. The fourth-order valence-electron chi connectivity index (χ4n) is 1.68. The lowest BCUT2D eigenvalue weighted by atomic mass is 10.3. The van der Waals surface area contributed by atoms with Gasteiger partial charge in [0.25, 0.3) is 0 Å². The Morgan fingerprint density at radius 3 is 2.93 bits per heavy atom. The summed E-state index contributed by atoms with van der Waals surface area (Å²) in [6, 6.07) is 0. The van der Waals surface area contributed by atoms with Crippen LogP contribution in [-0.2, 0) is 6.54 Å². The average Bonchev–Trinajstić information content (AvgIpc) is 2.50.